The van der Waals surface area contributed by atoms with Crippen molar-refractivity contribution in [2.45, 2.75) is 39.0 Å². The number of guanidine groups is 1. The van der Waals surface area contributed by atoms with Gasteiger partial charge in [-0.15, -0.1) is 24.0 Å². The summed E-state index contributed by atoms with van der Waals surface area (Å²) in [5, 5.41) is 4.43. The molecule has 0 atom stereocenters. The number of nitrogens with one attached hydrogen (secondary N) is 2. The van der Waals surface area contributed by atoms with Crippen LogP contribution in [-0.2, 0) is 6.42 Å². The molecule has 0 fully saturated rings. The molecule has 0 unspecified atom stereocenters. The molecule has 0 radical (unpaired) electrons. The minimum Gasteiger partial charge on any atom is -0.370 e. The van der Waals surface area contributed by atoms with E-state index in [0.717, 1.165) is 25.9 Å². The zero-order chi connectivity index (χ0) is 14.9. The number of hydrogen-bond donors (Lipinski definition) is 3. The fourth-order valence-corrected chi connectivity index (χ4v) is 2.39. The Bertz CT molecular complexity index is 544. The van der Waals surface area contributed by atoms with Crippen molar-refractivity contribution in [3.63, 3.8) is 0 Å². The minimum atomic E-state index is 0. The second-order valence-corrected chi connectivity index (χ2v) is 5.39. The normalized spacial score (nSPS) is 11.4. The number of aromatic amines is 1. The molecule has 0 aliphatic heterocycles. The van der Waals surface area contributed by atoms with Gasteiger partial charge in [0.25, 0.3) is 0 Å². The van der Waals surface area contributed by atoms with Crippen LogP contribution in [0.1, 0.15) is 38.3 Å². The lowest BCUT2D eigenvalue weighted by Crippen LogP contribution is -2.33. The lowest BCUT2D eigenvalue weighted by atomic mass is 10.2. The summed E-state index contributed by atoms with van der Waals surface area (Å²) >= 11 is 0. The topological polar surface area (TPSA) is 66.2 Å². The summed E-state index contributed by atoms with van der Waals surface area (Å²) in [6.07, 6.45) is 5.81. The Kier molecular flexibility index (Phi) is 8.96. The van der Waals surface area contributed by atoms with Crippen LogP contribution in [0.3, 0.4) is 0 Å². The molecular weight excluding hydrogens is 387 g/mol. The zero-order valence-electron chi connectivity index (χ0n) is 13.3. The Morgan fingerprint density at radius 2 is 2.05 bits per heavy atom. The molecule has 0 aliphatic rings. The maximum absolute atomic E-state index is 5.86. The maximum atomic E-state index is 5.86. The van der Waals surface area contributed by atoms with E-state index in [1.54, 1.807) is 0 Å². The van der Waals surface area contributed by atoms with Gasteiger partial charge in [0.05, 0.1) is 0 Å². The predicted octanol–water partition coefficient (Wildman–Crippen LogP) is 3.81. The van der Waals surface area contributed by atoms with Crippen LogP contribution in [0.4, 0.5) is 0 Å². The first-order chi connectivity index (χ1) is 10.3. The summed E-state index contributed by atoms with van der Waals surface area (Å²) in [7, 11) is 0. The van der Waals surface area contributed by atoms with Gasteiger partial charge < -0.3 is 16.0 Å². The summed E-state index contributed by atoms with van der Waals surface area (Å²) in [6.45, 7) is 3.84. The Morgan fingerprint density at radius 3 is 2.82 bits per heavy atom. The molecular formula is C17H27IN4. The third-order valence-electron chi connectivity index (χ3n) is 3.58. The fourth-order valence-electron chi connectivity index (χ4n) is 2.39. The summed E-state index contributed by atoms with van der Waals surface area (Å²) in [5.74, 6) is 0.558. The van der Waals surface area contributed by atoms with Crippen LogP contribution < -0.4 is 11.1 Å². The van der Waals surface area contributed by atoms with Crippen molar-refractivity contribution < 1.29 is 0 Å². The molecule has 0 aliphatic carbocycles. The molecule has 4 N–H and O–H groups in total. The number of halogens is 1. The van der Waals surface area contributed by atoms with E-state index < -0.39 is 0 Å². The Morgan fingerprint density at radius 1 is 1.23 bits per heavy atom. The van der Waals surface area contributed by atoms with Crippen LogP contribution >= 0.6 is 24.0 Å². The number of rotatable bonds is 8. The second-order valence-electron chi connectivity index (χ2n) is 5.39. The Balaban J connectivity index is 0.00000242. The standard InChI is InChI=1S/C17H26N4.HI/c1-2-3-4-7-11-19-17(18)20-12-10-15-13-14-8-5-6-9-16(14)21-15;/h5-6,8-9,13,21H,2-4,7,10-12H2,1H3,(H3,18,19,20);1H. The van der Waals surface area contributed by atoms with E-state index in [1.807, 2.05) is 6.07 Å². The SMILES string of the molecule is CCCCCCN=C(N)NCCc1cc2ccccc2[nH]1.I. The highest BCUT2D eigenvalue weighted by atomic mass is 127. The van der Waals surface area contributed by atoms with Crippen molar-refractivity contribution in [2.75, 3.05) is 13.1 Å². The molecule has 5 heteroatoms. The highest BCUT2D eigenvalue weighted by molar-refractivity contribution is 14.0. The molecule has 1 heterocycles. The molecule has 0 saturated heterocycles. The van der Waals surface area contributed by atoms with Gasteiger partial charge in [-0.25, -0.2) is 0 Å². The monoisotopic (exact) mass is 414 g/mol. The van der Waals surface area contributed by atoms with Gasteiger partial charge >= 0.3 is 0 Å². The fraction of sp³-hybridized carbons (Fsp3) is 0.471. The molecule has 1 aromatic heterocycles. The summed E-state index contributed by atoms with van der Waals surface area (Å²) < 4.78 is 0. The quantitative estimate of drug-likeness (QED) is 0.266. The van der Waals surface area contributed by atoms with Gasteiger partial charge in [-0.3, -0.25) is 4.99 Å². The van der Waals surface area contributed by atoms with Gasteiger partial charge in [0, 0.05) is 30.7 Å². The second kappa shape index (κ2) is 10.5. The van der Waals surface area contributed by atoms with Crippen molar-refractivity contribution in [3.05, 3.63) is 36.0 Å². The van der Waals surface area contributed by atoms with Crippen LogP contribution in [0, 0.1) is 0 Å². The largest absolute Gasteiger partial charge is 0.370 e. The first kappa shape index (κ1) is 18.8. The number of fused-ring (bicyclic) bond motifs is 1. The molecule has 2 rings (SSSR count). The van der Waals surface area contributed by atoms with Gasteiger partial charge in [0.1, 0.15) is 0 Å². The Labute approximate surface area is 150 Å². The van der Waals surface area contributed by atoms with Crippen LogP contribution in [0.5, 0.6) is 0 Å². The van der Waals surface area contributed by atoms with Crippen molar-refractivity contribution in [2.24, 2.45) is 10.7 Å². The molecule has 0 bridgehead atoms. The minimum absolute atomic E-state index is 0. The van der Waals surface area contributed by atoms with E-state index in [1.165, 1.54) is 35.9 Å². The number of nitrogens with two attached hydrogens (primary N) is 1. The van der Waals surface area contributed by atoms with Gasteiger partial charge in [0.2, 0.25) is 0 Å². The van der Waals surface area contributed by atoms with E-state index in [-0.39, 0.29) is 24.0 Å². The third kappa shape index (κ3) is 6.25. The van der Waals surface area contributed by atoms with Crippen LogP contribution in [0.2, 0.25) is 0 Å². The molecule has 4 nitrogen and oxygen atoms in total. The highest BCUT2D eigenvalue weighted by Gasteiger charge is 2.00. The first-order valence-corrected chi connectivity index (χ1v) is 7.90. The molecule has 1 aromatic carbocycles. The predicted molar refractivity (Wildman–Crippen MR) is 106 cm³/mol. The van der Waals surface area contributed by atoms with Crippen molar-refractivity contribution in [1.82, 2.24) is 10.3 Å². The van der Waals surface area contributed by atoms with E-state index in [0.29, 0.717) is 5.96 Å². The Hall–Kier alpha value is -1.24. The van der Waals surface area contributed by atoms with Gasteiger partial charge in [0.15, 0.2) is 5.96 Å². The van der Waals surface area contributed by atoms with E-state index in [4.69, 9.17) is 5.73 Å². The number of aromatic nitrogens is 1. The summed E-state index contributed by atoms with van der Waals surface area (Å²) in [4.78, 5) is 7.76. The van der Waals surface area contributed by atoms with Crippen LogP contribution in [-0.4, -0.2) is 24.0 Å². The molecule has 122 valence electrons. The van der Waals surface area contributed by atoms with E-state index in [9.17, 15) is 0 Å². The average molecular weight is 414 g/mol. The third-order valence-corrected chi connectivity index (χ3v) is 3.58. The number of nitrogens with zero attached hydrogens (tertiary/aromatic N) is 1. The highest BCUT2D eigenvalue weighted by Crippen LogP contribution is 2.14. The number of H-pyrrole nitrogens is 1. The van der Waals surface area contributed by atoms with Gasteiger partial charge in [-0.2, -0.15) is 0 Å². The molecule has 0 amide bonds. The summed E-state index contributed by atoms with van der Waals surface area (Å²) in [5.41, 5.74) is 8.26. The smallest absolute Gasteiger partial charge is 0.188 e. The van der Waals surface area contributed by atoms with Crippen LogP contribution in [0.15, 0.2) is 35.3 Å². The molecule has 0 spiro atoms. The van der Waals surface area contributed by atoms with Gasteiger partial charge in [-0.05, 0) is 23.9 Å². The average Bonchev–Trinajstić information content (AvgIpc) is 2.89. The van der Waals surface area contributed by atoms with E-state index >= 15 is 0 Å². The van der Waals surface area contributed by atoms with Crippen LogP contribution in [0.25, 0.3) is 10.9 Å². The van der Waals surface area contributed by atoms with Crippen molar-refractivity contribution >= 4 is 40.8 Å². The first-order valence-electron chi connectivity index (χ1n) is 7.90. The number of para-hydroxylation sites is 1. The molecule has 2 aromatic rings. The molecule has 22 heavy (non-hydrogen) atoms. The van der Waals surface area contributed by atoms with Crippen molar-refractivity contribution in [1.29, 1.82) is 0 Å². The number of unbranched alkanes of at least 4 members (excludes halogenated alkanes) is 3. The van der Waals surface area contributed by atoms with Gasteiger partial charge in [-0.1, -0.05) is 44.4 Å². The molecule has 0 saturated carbocycles. The lowest BCUT2D eigenvalue weighted by Gasteiger charge is -2.04. The number of benzene rings is 1. The number of hydrogen-bond acceptors (Lipinski definition) is 1. The zero-order valence-corrected chi connectivity index (χ0v) is 15.6. The number of aliphatic imine (C=N–C) groups is 1. The lowest BCUT2D eigenvalue weighted by molar-refractivity contribution is 0.673. The summed E-state index contributed by atoms with van der Waals surface area (Å²) in [6, 6.07) is 10.5. The van der Waals surface area contributed by atoms with E-state index in [2.05, 4.69) is 46.5 Å². The maximum Gasteiger partial charge on any atom is 0.188 e. The van der Waals surface area contributed by atoms with Crippen molar-refractivity contribution in [3.8, 4) is 0 Å².